The maximum Gasteiger partial charge on any atom is 0.327 e. The molecule has 3 unspecified atom stereocenters. The summed E-state index contributed by atoms with van der Waals surface area (Å²) in [6.07, 6.45) is 15.7. The highest BCUT2D eigenvalue weighted by molar-refractivity contribution is 7.99. The van der Waals surface area contributed by atoms with E-state index >= 15 is 0 Å². The Morgan fingerprint density at radius 1 is 1.03 bits per heavy atom. The van der Waals surface area contributed by atoms with Gasteiger partial charge < -0.3 is 10.4 Å². The molecular weight excluding hydrogens is 418 g/mol. The molecule has 0 heterocycles. The minimum absolute atomic E-state index is 0.335. The molecule has 0 aromatic carbocycles. The Morgan fingerprint density at radius 3 is 2.12 bits per heavy atom. The van der Waals surface area contributed by atoms with Crippen LogP contribution in [0.4, 0.5) is 0 Å². The quantitative estimate of drug-likeness (QED) is 0.0745. The van der Waals surface area contributed by atoms with Crippen LogP contribution in [0.25, 0.3) is 0 Å². The number of allylic oxidation sites excluding steroid dienone is 1. The predicted octanol–water partition coefficient (Wildman–Crippen LogP) is 7.05. The third kappa shape index (κ3) is 18.1. The molecule has 6 heteroatoms. The first-order chi connectivity index (χ1) is 15.1. The molecule has 0 spiro atoms. The fourth-order valence-corrected chi connectivity index (χ4v) is 4.73. The summed E-state index contributed by atoms with van der Waals surface area (Å²) in [7, 11) is 0. The highest BCUT2D eigenvalue weighted by Crippen LogP contribution is 2.22. The molecule has 5 nitrogen and oxygen atoms in total. The van der Waals surface area contributed by atoms with Crippen molar-refractivity contribution in [3.8, 4) is 6.19 Å². The molecule has 32 heavy (non-hydrogen) atoms. The van der Waals surface area contributed by atoms with Gasteiger partial charge in [0, 0.05) is 11.5 Å². The summed E-state index contributed by atoms with van der Waals surface area (Å²) in [4.78, 5) is 14.8. The van der Waals surface area contributed by atoms with E-state index in [1.165, 1.54) is 56.9 Å². The summed E-state index contributed by atoms with van der Waals surface area (Å²) in [5, 5.41) is 20.6. The van der Waals surface area contributed by atoms with Crippen LogP contribution < -0.4 is 5.32 Å². The van der Waals surface area contributed by atoms with Gasteiger partial charge in [-0.15, -0.1) is 0 Å². The molecular formula is C26H47N3O2S. The molecule has 0 aliphatic carbocycles. The van der Waals surface area contributed by atoms with Gasteiger partial charge in [-0.25, -0.2) is 4.79 Å². The topological polar surface area (TPSA) is 85.5 Å². The van der Waals surface area contributed by atoms with Crippen LogP contribution in [0.2, 0.25) is 0 Å². The normalized spacial score (nSPS) is 15.3. The molecule has 0 fully saturated rings. The van der Waals surface area contributed by atoms with Gasteiger partial charge in [-0.2, -0.15) is 22.0 Å². The van der Waals surface area contributed by atoms with Gasteiger partial charge in [0.1, 0.15) is 11.9 Å². The number of aliphatic imine (C=N–C) groups is 1. The fourth-order valence-electron chi connectivity index (χ4n) is 3.73. The zero-order valence-electron chi connectivity index (χ0n) is 21.3. The van der Waals surface area contributed by atoms with Crippen molar-refractivity contribution in [2.45, 2.75) is 105 Å². The average molecular weight is 466 g/mol. The second-order valence-corrected chi connectivity index (χ2v) is 10.9. The van der Waals surface area contributed by atoms with E-state index in [0.29, 0.717) is 11.6 Å². The van der Waals surface area contributed by atoms with Crippen LogP contribution in [0.3, 0.4) is 0 Å². The van der Waals surface area contributed by atoms with Crippen LogP contribution in [0.5, 0.6) is 0 Å². The van der Waals surface area contributed by atoms with Crippen LogP contribution in [0.15, 0.2) is 16.6 Å². The zero-order valence-corrected chi connectivity index (χ0v) is 22.1. The van der Waals surface area contributed by atoms with Crippen LogP contribution in [0.1, 0.15) is 99.3 Å². The smallest absolute Gasteiger partial charge is 0.327 e. The molecule has 0 aliphatic heterocycles. The van der Waals surface area contributed by atoms with Crippen LogP contribution in [0, 0.1) is 29.2 Å². The molecule has 0 saturated heterocycles. The molecule has 0 aromatic rings. The first kappa shape index (κ1) is 30.5. The Bertz CT molecular complexity index is 611. The van der Waals surface area contributed by atoms with Gasteiger partial charge in [0.25, 0.3) is 0 Å². The minimum atomic E-state index is -0.926. The van der Waals surface area contributed by atoms with Gasteiger partial charge in [-0.05, 0) is 44.4 Å². The fraction of sp³-hybridized carbons (Fsp3) is 0.808. The van der Waals surface area contributed by atoms with E-state index in [9.17, 15) is 9.90 Å². The van der Waals surface area contributed by atoms with Gasteiger partial charge in [-0.3, -0.25) is 0 Å². The molecule has 0 radical (unpaired) electrons. The molecule has 0 aromatic heterocycles. The van der Waals surface area contributed by atoms with Crippen LogP contribution in [-0.4, -0.2) is 34.5 Å². The maximum absolute atomic E-state index is 11.3. The van der Waals surface area contributed by atoms with Gasteiger partial charge in [-0.1, -0.05) is 84.3 Å². The average Bonchev–Trinajstić information content (AvgIpc) is 2.70. The number of rotatable bonds is 18. The summed E-state index contributed by atoms with van der Waals surface area (Å²) in [5.41, 5.74) is 1.38. The Labute approximate surface area is 201 Å². The van der Waals surface area contributed by atoms with E-state index in [2.05, 4.69) is 51.0 Å². The third-order valence-electron chi connectivity index (χ3n) is 5.87. The standard InChI is InChI=1S/C26H47N3O2S/c1-20(2)10-7-11-21(3)12-8-13-22(4)14-9-15-23(5)16-17-32-18-25(26(30)31)29-24(6)28-19-27/h16,20-22,25H,7-15,17-18H2,1-6H3,(H,28,29)(H,30,31). The molecule has 0 aliphatic rings. The van der Waals surface area contributed by atoms with E-state index in [1.54, 1.807) is 24.9 Å². The van der Waals surface area contributed by atoms with Crippen molar-refractivity contribution < 1.29 is 9.90 Å². The summed E-state index contributed by atoms with van der Waals surface area (Å²) in [5.74, 6) is 3.13. The van der Waals surface area contributed by atoms with E-state index in [0.717, 1.165) is 29.9 Å². The lowest BCUT2D eigenvalue weighted by Crippen LogP contribution is -2.41. The number of carboxylic acid groups (broad SMARTS) is 1. The summed E-state index contributed by atoms with van der Waals surface area (Å²) in [6.45, 7) is 13.2. The first-order valence-electron chi connectivity index (χ1n) is 12.3. The van der Waals surface area contributed by atoms with Gasteiger partial charge in [0.2, 0.25) is 6.19 Å². The molecule has 2 N–H and O–H groups in total. The zero-order chi connectivity index (χ0) is 24.4. The van der Waals surface area contributed by atoms with Crippen molar-refractivity contribution in [3.63, 3.8) is 0 Å². The van der Waals surface area contributed by atoms with Crippen LogP contribution >= 0.6 is 11.8 Å². The number of aliphatic carboxylic acids is 1. The van der Waals surface area contributed by atoms with E-state index < -0.39 is 12.0 Å². The lowest BCUT2D eigenvalue weighted by atomic mass is 9.91. The molecule has 0 amide bonds. The maximum atomic E-state index is 11.3. The highest BCUT2D eigenvalue weighted by atomic mass is 32.2. The van der Waals surface area contributed by atoms with Crippen LogP contribution in [-0.2, 0) is 4.79 Å². The van der Waals surface area contributed by atoms with Gasteiger partial charge >= 0.3 is 5.97 Å². The highest BCUT2D eigenvalue weighted by Gasteiger charge is 2.17. The number of thioether (sulfide) groups is 1. The van der Waals surface area contributed by atoms with E-state index in [-0.39, 0.29) is 0 Å². The number of nitrogens with zero attached hydrogens (tertiary/aromatic N) is 2. The summed E-state index contributed by atoms with van der Waals surface area (Å²) in [6, 6.07) is -0.732. The lowest BCUT2D eigenvalue weighted by Gasteiger charge is -2.15. The number of carbonyl (C=O) groups is 1. The minimum Gasteiger partial charge on any atom is -0.480 e. The van der Waals surface area contributed by atoms with Gasteiger partial charge in [0.15, 0.2) is 0 Å². The van der Waals surface area contributed by atoms with Crippen molar-refractivity contribution in [3.05, 3.63) is 11.6 Å². The van der Waals surface area contributed by atoms with E-state index in [1.807, 2.05) is 0 Å². The monoisotopic (exact) mass is 465 g/mol. The molecule has 3 atom stereocenters. The Morgan fingerprint density at radius 2 is 1.59 bits per heavy atom. The predicted molar refractivity (Wildman–Crippen MR) is 139 cm³/mol. The Balaban J connectivity index is 3.95. The Kier molecular flexibility index (Phi) is 18.2. The second kappa shape index (κ2) is 19.0. The molecule has 0 saturated carbocycles. The lowest BCUT2D eigenvalue weighted by molar-refractivity contribution is -0.138. The van der Waals surface area contributed by atoms with Gasteiger partial charge in [0.05, 0.1) is 0 Å². The largest absolute Gasteiger partial charge is 0.480 e. The molecule has 184 valence electrons. The number of hydrogen-bond donors (Lipinski definition) is 2. The van der Waals surface area contributed by atoms with Crippen molar-refractivity contribution in [1.29, 1.82) is 5.26 Å². The Hall–Kier alpha value is -1.48. The van der Waals surface area contributed by atoms with Crippen molar-refractivity contribution in [2.75, 3.05) is 11.5 Å². The SMILES string of the molecule is CC(=CCSCC(N/C(C)=N/C#N)C(=O)O)CCCC(C)CCCC(C)CCCC(C)C. The van der Waals surface area contributed by atoms with E-state index in [4.69, 9.17) is 5.26 Å². The second-order valence-electron chi connectivity index (χ2n) is 9.78. The number of carboxylic acids is 1. The summed E-state index contributed by atoms with van der Waals surface area (Å²) >= 11 is 1.58. The third-order valence-corrected chi connectivity index (χ3v) is 6.84. The first-order valence-corrected chi connectivity index (χ1v) is 13.5. The number of amidine groups is 1. The summed E-state index contributed by atoms with van der Waals surface area (Å²) < 4.78 is 0. The number of nitrogens with one attached hydrogen (secondary N) is 1. The van der Waals surface area contributed by atoms with Crippen molar-refractivity contribution in [1.82, 2.24) is 5.32 Å². The molecule has 0 bridgehead atoms. The molecule has 0 rings (SSSR count). The van der Waals surface area contributed by atoms with Crippen molar-refractivity contribution >= 4 is 23.6 Å². The number of hydrogen-bond acceptors (Lipinski definition) is 4. The van der Waals surface area contributed by atoms with Crippen molar-refractivity contribution in [2.24, 2.45) is 22.7 Å². The number of nitriles is 1.